The van der Waals surface area contributed by atoms with Crippen LogP contribution in [0.1, 0.15) is 20.3 Å². The molecule has 0 amide bonds. The van der Waals surface area contributed by atoms with Gasteiger partial charge in [0.05, 0.1) is 0 Å². The molecule has 4 nitrogen and oxygen atoms in total. The quantitative estimate of drug-likeness (QED) is 0.862. The monoisotopic (exact) mass is 244 g/mol. The third-order valence-corrected chi connectivity index (χ3v) is 3.34. The number of rotatable bonds is 2. The van der Waals surface area contributed by atoms with E-state index in [9.17, 15) is 0 Å². The maximum atomic E-state index is 5.47. The van der Waals surface area contributed by atoms with Crippen molar-refractivity contribution in [2.24, 2.45) is 11.3 Å². The lowest BCUT2D eigenvalue weighted by atomic mass is 10.1. The van der Waals surface area contributed by atoms with Crippen LogP contribution in [0.15, 0.2) is 4.73 Å². The van der Waals surface area contributed by atoms with Crippen LogP contribution >= 0.6 is 15.9 Å². The maximum absolute atomic E-state index is 5.47. The predicted octanol–water partition coefficient (Wildman–Crippen LogP) is 1.67. The van der Waals surface area contributed by atoms with Crippen LogP contribution < -0.4 is 5.73 Å². The highest BCUT2D eigenvalue weighted by Crippen LogP contribution is 2.52. The lowest BCUT2D eigenvalue weighted by Gasteiger charge is -2.03. The van der Waals surface area contributed by atoms with E-state index >= 15 is 0 Å². The fraction of sp³-hybridized carbons (Fsp3) is 0.750. The first kappa shape index (κ1) is 8.99. The summed E-state index contributed by atoms with van der Waals surface area (Å²) in [5.74, 6) is 1.05. The van der Waals surface area contributed by atoms with E-state index < -0.39 is 0 Å². The molecule has 1 heterocycles. The van der Waals surface area contributed by atoms with Crippen LogP contribution in [-0.2, 0) is 6.54 Å². The van der Waals surface area contributed by atoms with Gasteiger partial charge in [-0.1, -0.05) is 13.8 Å². The van der Waals surface area contributed by atoms with E-state index in [1.54, 1.807) is 0 Å². The molecule has 1 atom stereocenters. The molecule has 1 aromatic rings. The minimum atomic E-state index is 0.338. The highest BCUT2D eigenvalue weighted by Gasteiger charge is 2.45. The van der Waals surface area contributed by atoms with Crippen molar-refractivity contribution in [2.75, 3.05) is 5.73 Å². The van der Waals surface area contributed by atoms with E-state index in [1.807, 2.05) is 4.68 Å². The van der Waals surface area contributed by atoms with Gasteiger partial charge in [0.1, 0.15) is 0 Å². The molecular weight excluding hydrogens is 232 g/mol. The first-order valence-corrected chi connectivity index (χ1v) is 5.14. The number of hydrogen-bond acceptors (Lipinski definition) is 3. The Hall–Kier alpha value is -0.580. The van der Waals surface area contributed by atoms with Gasteiger partial charge in [0.25, 0.3) is 0 Å². The standard InChI is InChI=1S/C8H13BrN4/c1-8(2)3-5(8)4-13-6(9)11-7(10)12-13/h5H,3-4H2,1-2H3,(H2,10,12). The van der Waals surface area contributed by atoms with Crippen molar-refractivity contribution in [2.45, 2.75) is 26.8 Å². The molecule has 1 unspecified atom stereocenters. The SMILES string of the molecule is CC1(C)CC1Cn1nc(N)nc1Br. The van der Waals surface area contributed by atoms with Crippen molar-refractivity contribution >= 4 is 21.9 Å². The number of hydrogen-bond donors (Lipinski definition) is 1. The van der Waals surface area contributed by atoms with Crippen molar-refractivity contribution in [3.63, 3.8) is 0 Å². The Balaban J connectivity index is 2.07. The lowest BCUT2D eigenvalue weighted by molar-refractivity contribution is 0.466. The molecule has 1 aliphatic rings. The van der Waals surface area contributed by atoms with Crippen LogP contribution in [0.4, 0.5) is 5.95 Å². The molecule has 13 heavy (non-hydrogen) atoms. The second kappa shape index (κ2) is 2.70. The Kier molecular flexibility index (Phi) is 1.87. The first-order chi connectivity index (χ1) is 5.99. The van der Waals surface area contributed by atoms with Crippen LogP contribution in [0.2, 0.25) is 0 Å². The minimum absolute atomic E-state index is 0.338. The van der Waals surface area contributed by atoms with Gasteiger partial charge >= 0.3 is 0 Å². The van der Waals surface area contributed by atoms with E-state index in [1.165, 1.54) is 6.42 Å². The molecule has 0 saturated heterocycles. The van der Waals surface area contributed by atoms with Crippen LogP contribution in [0, 0.1) is 11.3 Å². The Bertz CT molecular complexity index is 331. The smallest absolute Gasteiger partial charge is 0.240 e. The topological polar surface area (TPSA) is 56.7 Å². The Morgan fingerprint density at radius 3 is 2.69 bits per heavy atom. The summed E-state index contributed by atoms with van der Waals surface area (Å²) in [4.78, 5) is 3.99. The molecule has 0 aliphatic heterocycles. The van der Waals surface area contributed by atoms with E-state index in [0.29, 0.717) is 17.3 Å². The second-order valence-corrected chi connectivity index (χ2v) is 5.02. The van der Waals surface area contributed by atoms with Crippen molar-refractivity contribution in [3.8, 4) is 0 Å². The molecule has 2 N–H and O–H groups in total. The van der Waals surface area contributed by atoms with Crippen molar-refractivity contribution in [1.29, 1.82) is 0 Å². The Morgan fingerprint density at radius 2 is 2.31 bits per heavy atom. The summed E-state index contributed by atoms with van der Waals surface area (Å²) in [6, 6.07) is 0. The molecule has 5 heteroatoms. The summed E-state index contributed by atoms with van der Waals surface area (Å²) in [7, 11) is 0. The highest BCUT2D eigenvalue weighted by atomic mass is 79.9. The number of halogens is 1. The molecule has 72 valence electrons. The zero-order valence-electron chi connectivity index (χ0n) is 7.79. The predicted molar refractivity (Wildman–Crippen MR) is 54.0 cm³/mol. The molecule has 0 aromatic carbocycles. The largest absolute Gasteiger partial charge is 0.366 e. The molecule has 0 radical (unpaired) electrons. The Morgan fingerprint density at radius 1 is 1.69 bits per heavy atom. The summed E-state index contributed by atoms with van der Waals surface area (Å²) in [5.41, 5.74) is 5.94. The first-order valence-electron chi connectivity index (χ1n) is 4.35. The van der Waals surface area contributed by atoms with Gasteiger partial charge < -0.3 is 5.73 Å². The van der Waals surface area contributed by atoms with Crippen LogP contribution in [0.5, 0.6) is 0 Å². The summed E-state index contributed by atoms with van der Waals surface area (Å²) < 4.78 is 2.56. The maximum Gasteiger partial charge on any atom is 0.240 e. The zero-order chi connectivity index (χ0) is 9.64. The van der Waals surface area contributed by atoms with Gasteiger partial charge in [-0.2, -0.15) is 4.98 Å². The van der Waals surface area contributed by atoms with Crippen LogP contribution in [-0.4, -0.2) is 14.8 Å². The average Bonchev–Trinajstić information content (AvgIpc) is 2.43. The van der Waals surface area contributed by atoms with Gasteiger partial charge in [-0.15, -0.1) is 5.10 Å². The molecule has 1 aromatic heterocycles. The van der Waals surface area contributed by atoms with Crippen LogP contribution in [0.3, 0.4) is 0 Å². The molecule has 2 rings (SSSR count). The van der Waals surface area contributed by atoms with Gasteiger partial charge in [0, 0.05) is 6.54 Å². The van der Waals surface area contributed by atoms with Gasteiger partial charge in [-0.05, 0) is 33.7 Å². The van der Waals surface area contributed by atoms with E-state index in [4.69, 9.17) is 5.73 Å². The third-order valence-electron chi connectivity index (χ3n) is 2.75. The zero-order valence-corrected chi connectivity index (χ0v) is 9.37. The fourth-order valence-electron chi connectivity index (χ4n) is 1.55. The molecule has 0 bridgehead atoms. The number of nitrogens with two attached hydrogens (primary N) is 1. The van der Waals surface area contributed by atoms with E-state index in [-0.39, 0.29) is 0 Å². The van der Waals surface area contributed by atoms with E-state index in [0.717, 1.165) is 11.3 Å². The fourth-order valence-corrected chi connectivity index (χ4v) is 1.96. The minimum Gasteiger partial charge on any atom is -0.366 e. The molecular formula is C8H13BrN4. The van der Waals surface area contributed by atoms with Crippen molar-refractivity contribution in [3.05, 3.63) is 4.73 Å². The van der Waals surface area contributed by atoms with Gasteiger partial charge in [-0.3, -0.25) is 0 Å². The number of aromatic nitrogens is 3. The van der Waals surface area contributed by atoms with Crippen molar-refractivity contribution in [1.82, 2.24) is 14.8 Å². The number of anilines is 1. The summed E-state index contributed by atoms with van der Waals surface area (Å²) in [5, 5.41) is 4.09. The third kappa shape index (κ3) is 1.70. The summed E-state index contributed by atoms with van der Waals surface area (Å²) in [6.07, 6.45) is 1.26. The lowest BCUT2D eigenvalue weighted by Crippen LogP contribution is -2.06. The molecule has 1 fully saturated rings. The van der Waals surface area contributed by atoms with Crippen LogP contribution in [0.25, 0.3) is 0 Å². The van der Waals surface area contributed by atoms with Gasteiger partial charge in [-0.25, -0.2) is 4.68 Å². The normalized spacial score (nSPS) is 24.7. The molecule has 1 saturated carbocycles. The second-order valence-electron chi connectivity index (χ2n) is 4.31. The number of nitrogens with zero attached hydrogens (tertiary/aromatic N) is 3. The van der Waals surface area contributed by atoms with Crippen molar-refractivity contribution < 1.29 is 0 Å². The Labute approximate surface area is 85.6 Å². The van der Waals surface area contributed by atoms with E-state index in [2.05, 4.69) is 39.9 Å². The number of nitrogen functional groups attached to an aromatic ring is 1. The summed E-state index contributed by atoms with van der Waals surface area (Å²) >= 11 is 3.32. The van der Waals surface area contributed by atoms with Gasteiger partial charge in [0.15, 0.2) is 4.73 Å². The highest BCUT2D eigenvalue weighted by molar-refractivity contribution is 9.10. The average molecular weight is 245 g/mol. The van der Waals surface area contributed by atoms with Gasteiger partial charge in [0.2, 0.25) is 5.95 Å². The molecule has 1 aliphatic carbocycles. The summed E-state index contributed by atoms with van der Waals surface area (Å²) in [6.45, 7) is 5.45. The molecule has 0 spiro atoms.